The van der Waals surface area contributed by atoms with Gasteiger partial charge >= 0.3 is 0 Å². The third-order valence-electron chi connectivity index (χ3n) is 1.14. The molecule has 0 saturated heterocycles. The highest BCUT2D eigenvalue weighted by Gasteiger charge is 2.06. The lowest BCUT2D eigenvalue weighted by Gasteiger charge is -1.91. The van der Waals surface area contributed by atoms with Gasteiger partial charge in [-0.2, -0.15) is 0 Å². The van der Waals surface area contributed by atoms with Gasteiger partial charge in [-0.1, -0.05) is 35.7 Å². The van der Waals surface area contributed by atoms with E-state index < -0.39 is 0 Å². The zero-order valence-electron chi connectivity index (χ0n) is 6.26. The first-order valence-corrected chi connectivity index (χ1v) is 8.03. The summed E-state index contributed by atoms with van der Waals surface area (Å²) in [5.41, 5.74) is 0. The van der Waals surface area contributed by atoms with Gasteiger partial charge in [0.15, 0.2) is 0 Å². The van der Waals surface area contributed by atoms with Crippen LogP contribution in [0, 0.1) is 3.14 Å². The third-order valence-corrected chi connectivity index (χ3v) is 7.16. The van der Waals surface area contributed by atoms with Crippen molar-refractivity contribution in [2.45, 2.75) is 8.42 Å². The largest absolute Gasteiger partial charge is 0.145 e. The fourth-order valence-electron chi connectivity index (χ4n) is 0.689. The molecule has 1 aliphatic rings. The molecule has 2 rings (SSSR count). The molecule has 0 bridgehead atoms. The standard InChI is InChI=1S/C7H4S6/c8-7-12-5-6(13-7)11-4-2-9-1-3-10-5/h1-4H/b3-1-,4-2-. The molecule has 0 saturated carbocycles. The smallest absolute Gasteiger partial charge is 0.105 e. The molecule has 1 aromatic rings. The molecule has 0 N–H and O–H groups in total. The minimum absolute atomic E-state index is 1.01. The molecule has 13 heavy (non-hydrogen) atoms. The van der Waals surface area contributed by atoms with Gasteiger partial charge in [-0.05, 0) is 21.6 Å². The van der Waals surface area contributed by atoms with Crippen LogP contribution < -0.4 is 0 Å². The topological polar surface area (TPSA) is 0 Å². The van der Waals surface area contributed by atoms with Gasteiger partial charge in [0.1, 0.15) is 3.14 Å². The van der Waals surface area contributed by atoms with E-state index in [0.29, 0.717) is 0 Å². The fraction of sp³-hybridized carbons (Fsp3) is 0. The van der Waals surface area contributed by atoms with Crippen molar-refractivity contribution in [2.75, 3.05) is 0 Å². The molecule has 0 amide bonds. The Kier molecular flexibility index (Phi) is 4.00. The Labute approximate surface area is 103 Å². The first kappa shape index (κ1) is 10.3. The van der Waals surface area contributed by atoms with Gasteiger partial charge in [0.25, 0.3) is 0 Å². The van der Waals surface area contributed by atoms with Crippen molar-refractivity contribution in [1.82, 2.24) is 0 Å². The summed E-state index contributed by atoms with van der Waals surface area (Å²) in [4.78, 5) is 0. The van der Waals surface area contributed by atoms with Crippen molar-refractivity contribution >= 4 is 70.2 Å². The molecule has 6 heteroatoms. The summed E-state index contributed by atoms with van der Waals surface area (Å²) in [6.07, 6.45) is 0. The van der Waals surface area contributed by atoms with Crippen molar-refractivity contribution in [2.24, 2.45) is 0 Å². The van der Waals surface area contributed by atoms with E-state index in [0.717, 1.165) is 3.14 Å². The van der Waals surface area contributed by atoms with Crippen molar-refractivity contribution in [3.05, 3.63) is 24.8 Å². The van der Waals surface area contributed by atoms with Gasteiger partial charge < -0.3 is 0 Å². The van der Waals surface area contributed by atoms with Gasteiger partial charge in [0.2, 0.25) is 0 Å². The van der Waals surface area contributed by atoms with Crippen LogP contribution in [0.15, 0.2) is 30.1 Å². The Morgan fingerprint density at radius 1 is 0.846 bits per heavy atom. The van der Waals surface area contributed by atoms with Gasteiger partial charge in [0.05, 0.1) is 8.42 Å². The molecule has 0 nitrogen and oxygen atoms in total. The van der Waals surface area contributed by atoms with Crippen LogP contribution in [-0.4, -0.2) is 0 Å². The Bertz CT molecular complexity index is 361. The highest BCUT2D eigenvalue weighted by Crippen LogP contribution is 2.42. The minimum Gasteiger partial charge on any atom is -0.105 e. The summed E-state index contributed by atoms with van der Waals surface area (Å²) < 4.78 is 3.66. The second kappa shape index (κ2) is 5.04. The monoisotopic (exact) mass is 280 g/mol. The van der Waals surface area contributed by atoms with E-state index in [1.54, 1.807) is 58.0 Å². The summed E-state index contributed by atoms with van der Waals surface area (Å²) in [6.45, 7) is 0. The van der Waals surface area contributed by atoms with Crippen LogP contribution in [0.5, 0.6) is 0 Å². The maximum Gasteiger partial charge on any atom is 0.145 e. The molecule has 0 aliphatic carbocycles. The van der Waals surface area contributed by atoms with E-state index in [9.17, 15) is 0 Å². The average molecular weight is 281 g/mol. The molecule has 68 valence electrons. The van der Waals surface area contributed by atoms with Crippen molar-refractivity contribution in [3.63, 3.8) is 0 Å². The van der Waals surface area contributed by atoms with Crippen molar-refractivity contribution in [1.29, 1.82) is 0 Å². The summed E-state index contributed by atoms with van der Waals surface area (Å²) in [5.74, 6) is 0. The minimum atomic E-state index is 1.01. The van der Waals surface area contributed by atoms with Crippen LogP contribution in [0.4, 0.5) is 0 Å². The Morgan fingerprint density at radius 3 is 1.92 bits per heavy atom. The van der Waals surface area contributed by atoms with E-state index in [-0.39, 0.29) is 0 Å². The van der Waals surface area contributed by atoms with Crippen LogP contribution in [-0.2, 0) is 0 Å². The molecule has 2 heterocycles. The number of fused-ring (bicyclic) bond motifs is 1. The lowest BCUT2D eigenvalue weighted by Crippen LogP contribution is -1.58. The van der Waals surface area contributed by atoms with Crippen molar-refractivity contribution in [3.8, 4) is 0 Å². The van der Waals surface area contributed by atoms with Gasteiger partial charge in [-0.3, -0.25) is 0 Å². The van der Waals surface area contributed by atoms with Crippen LogP contribution in [0.1, 0.15) is 0 Å². The summed E-state index contributed by atoms with van der Waals surface area (Å²) in [5, 5.41) is 8.39. The first-order valence-electron chi connectivity index (χ1n) is 3.29. The molecule has 1 aliphatic heterocycles. The summed E-state index contributed by atoms with van der Waals surface area (Å²) >= 11 is 13.8. The Hall–Kier alpha value is 0.800. The highest BCUT2D eigenvalue weighted by molar-refractivity contribution is 8.11. The molecule has 0 unspecified atom stereocenters. The summed E-state index contributed by atoms with van der Waals surface area (Å²) in [6, 6.07) is 0. The van der Waals surface area contributed by atoms with Crippen molar-refractivity contribution < 1.29 is 0 Å². The zero-order valence-corrected chi connectivity index (χ0v) is 11.2. The molecule has 0 atom stereocenters. The van der Waals surface area contributed by atoms with Crippen LogP contribution in [0.3, 0.4) is 0 Å². The first-order chi connectivity index (χ1) is 6.36. The van der Waals surface area contributed by atoms with E-state index in [1.807, 2.05) is 0 Å². The molecule has 0 fully saturated rings. The Balaban J connectivity index is 2.38. The SMILES string of the molecule is S=c1sc2c(s1)S/C=C\S/C=C\S2. The molecule has 0 radical (unpaired) electrons. The average Bonchev–Trinajstić information content (AvgIpc) is 2.46. The van der Waals surface area contributed by atoms with Crippen LogP contribution in [0.2, 0.25) is 0 Å². The Morgan fingerprint density at radius 2 is 1.38 bits per heavy atom. The summed E-state index contributed by atoms with van der Waals surface area (Å²) in [7, 11) is 0. The molecule has 1 aromatic heterocycles. The van der Waals surface area contributed by atoms with E-state index in [4.69, 9.17) is 12.2 Å². The number of hydrogen-bond acceptors (Lipinski definition) is 6. The number of hydrogen-bond donors (Lipinski definition) is 0. The fourth-order valence-corrected chi connectivity index (χ4v) is 6.74. The predicted molar refractivity (Wildman–Crippen MR) is 70.6 cm³/mol. The molecular weight excluding hydrogens is 276 g/mol. The van der Waals surface area contributed by atoms with Gasteiger partial charge in [0, 0.05) is 0 Å². The molecular formula is C7H4S6. The van der Waals surface area contributed by atoms with E-state index >= 15 is 0 Å². The van der Waals surface area contributed by atoms with Crippen LogP contribution >= 0.6 is 70.2 Å². The van der Waals surface area contributed by atoms with Crippen LogP contribution in [0.25, 0.3) is 0 Å². The normalized spacial score (nSPS) is 20.9. The predicted octanol–water partition coefficient (Wildman–Crippen LogP) is 5.41. The molecule has 0 spiro atoms. The van der Waals surface area contributed by atoms with Gasteiger partial charge in [-0.15, -0.1) is 34.4 Å². The maximum atomic E-state index is 5.16. The highest BCUT2D eigenvalue weighted by atomic mass is 32.2. The van der Waals surface area contributed by atoms with Gasteiger partial charge in [-0.25, -0.2) is 0 Å². The third kappa shape index (κ3) is 2.87. The lowest BCUT2D eigenvalue weighted by atomic mass is 11.1. The second-order valence-corrected chi connectivity index (χ2v) is 8.34. The maximum absolute atomic E-state index is 5.16. The second-order valence-electron chi connectivity index (χ2n) is 1.95. The van der Waals surface area contributed by atoms with E-state index in [2.05, 4.69) is 21.6 Å². The lowest BCUT2D eigenvalue weighted by molar-refractivity contribution is 1.54. The molecule has 0 aromatic carbocycles. The number of thioether (sulfide) groups is 3. The quantitative estimate of drug-likeness (QED) is 0.582. The number of rotatable bonds is 0. The van der Waals surface area contributed by atoms with E-state index in [1.165, 1.54) is 8.42 Å². The zero-order chi connectivity index (χ0) is 9.10.